The first kappa shape index (κ1) is 11.1. The van der Waals surface area contributed by atoms with Crippen molar-refractivity contribution in [2.24, 2.45) is 7.05 Å². The maximum atomic E-state index is 12.1. The molecule has 0 fully saturated rings. The van der Waals surface area contributed by atoms with E-state index in [9.17, 15) is 4.79 Å². The van der Waals surface area contributed by atoms with E-state index in [0.29, 0.717) is 11.1 Å². The van der Waals surface area contributed by atoms with Crippen molar-refractivity contribution in [3.63, 3.8) is 0 Å². The summed E-state index contributed by atoms with van der Waals surface area (Å²) in [5.41, 5.74) is 2.34. The normalized spacial score (nSPS) is 10.4. The molecule has 82 valence electrons. The van der Waals surface area contributed by atoms with Gasteiger partial charge in [-0.1, -0.05) is 27.6 Å². The molecule has 2 rings (SSSR count). The van der Waals surface area contributed by atoms with Gasteiger partial charge in [0.1, 0.15) is 0 Å². The molecule has 0 spiro atoms. The number of rotatable bonds is 2. The highest BCUT2D eigenvalue weighted by Gasteiger charge is 2.14. The molecular formula is C12H11BrN2O. The van der Waals surface area contributed by atoms with Crippen LogP contribution in [0.1, 0.15) is 21.5 Å². The van der Waals surface area contributed by atoms with Crippen molar-refractivity contribution in [2.75, 3.05) is 0 Å². The summed E-state index contributed by atoms with van der Waals surface area (Å²) in [6, 6.07) is 5.72. The molecule has 1 aromatic heterocycles. The maximum absolute atomic E-state index is 12.1. The van der Waals surface area contributed by atoms with Gasteiger partial charge in [-0.05, 0) is 19.1 Å². The Hall–Kier alpha value is -1.42. The molecule has 0 atom stereocenters. The van der Waals surface area contributed by atoms with Crippen molar-refractivity contribution in [1.29, 1.82) is 0 Å². The second-order valence-electron chi connectivity index (χ2n) is 3.72. The van der Waals surface area contributed by atoms with Gasteiger partial charge in [-0.3, -0.25) is 9.48 Å². The number of hydrogen-bond donors (Lipinski definition) is 0. The summed E-state index contributed by atoms with van der Waals surface area (Å²) in [5.74, 6) is -0.0105. The zero-order chi connectivity index (χ0) is 11.7. The van der Waals surface area contributed by atoms with Crippen LogP contribution < -0.4 is 0 Å². The number of benzene rings is 1. The third-order valence-electron chi connectivity index (χ3n) is 2.33. The summed E-state index contributed by atoms with van der Waals surface area (Å²) in [5, 5.41) is 4.00. The van der Waals surface area contributed by atoms with E-state index in [1.165, 1.54) is 0 Å². The van der Waals surface area contributed by atoms with Crippen LogP contribution in [-0.2, 0) is 7.05 Å². The maximum Gasteiger partial charge on any atom is 0.197 e. The molecule has 1 heterocycles. The van der Waals surface area contributed by atoms with Gasteiger partial charge >= 0.3 is 0 Å². The van der Waals surface area contributed by atoms with Crippen LogP contribution in [0.25, 0.3) is 0 Å². The Morgan fingerprint density at radius 3 is 2.81 bits per heavy atom. The van der Waals surface area contributed by atoms with Crippen molar-refractivity contribution in [1.82, 2.24) is 9.78 Å². The Kier molecular flexibility index (Phi) is 2.92. The summed E-state index contributed by atoms with van der Waals surface area (Å²) < 4.78 is 2.43. The lowest BCUT2D eigenvalue weighted by molar-refractivity contribution is 0.103. The Morgan fingerprint density at radius 2 is 2.19 bits per heavy atom. The van der Waals surface area contributed by atoms with E-state index in [4.69, 9.17) is 0 Å². The van der Waals surface area contributed by atoms with Gasteiger partial charge in [0, 0.05) is 23.3 Å². The average Bonchev–Trinajstić information content (AvgIpc) is 2.67. The van der Waals surface area contributed by atoms with Crippen LogP contribution in [0.4, 0.5) is 0 Å². The third-order valence-corrected chi connectivity index (χ3v) is 3.03. The SMILES string of the molecule is Cc1ccc(Br)c(C(=O)c2cnn(C)c2)c1. The number of halogens is 1. The molecule has 4 heteroatoms. The second kappa shape index (κ2) is 4.22. The molecule has 0 radical (unpaired) electrons. The standard InChI is InChI=1S/C12H11BrN2O/c1-8-3-4-11(13)10(5-8)12(16)9-6-14-15(2)7-9/h3-7H,1-2H3. The summed E-state index contributed by atoms with van der Waals surface area (Å²) in [6.07, 6.45) is 3.30. The van der Waals surface area contributed by atoms with Crippen LogP contribution >= 0.6 is 15.9 Å². The highest BCUT2D eigenvalue weighted by Crippen LogP contribution is 2.21. The highest BCUT2D eigenvalue weighted by atomic mass is 79.9. The number of aryl methyl sites for hydroxylation is 2. The molecule has 0 amide bonds. The van der Waals surface area contributed by atoms with Crippen LogP contribution in [0, 0.1) is 6.92 Å². The molecule has 0 N–H and O–H groups in total. The van der Waals surface area contributed by atoms with E-state index in [1.807, 2.05) is 25.1 Å². The van der Waals surface area contributed by atoms with E-state index in [2.05, 4.69) is 21.0 Å². The lowest BCUT2D eigenvalue weighted by Crippen LogP contribution is -2.01. The van der Waals surface area contributed by atoms with Gasteiger partial charge in [0.25, 0.3) is 0 Å². The van der Waals surface area contributed by atoms with E-state index in [0.717, 1.165) is 10.0 Å². The molecular weight excluding hydrogens is 268 g/mol. The fraction of sp³-hybridized carbons (Fsp3) is 0.167. The van der Waals surface area contributed by atoms with Crippen LogP contribution in [0.15, 0.2) is 35.1 Å². The molecule has 2 aromatic rings. The fourth-order valence-corrected chi connectivity index (χ4v) is 1.93. The number of carbonyl (C=O) groups is 1. The molecule has 3 nitrogen and oxygen atoms in total. The molecule has 0 unspecified atom stereocenters. The molecule has 0 aliphatic heterocycles. The van der Waals surface area contributed by atoms with E-state index in [1.54, 1.807) is 24.1 Å². The Bertz CT molecular complexity index is 546. The van der Waals surface area contributed by atoms with Gasteiger partial charge in [-0.25, -0.2) is 0 Å². The molecule has 16 heavy (non-hydrogen) atoms. The zero-order valence-electron chi connectivity index (χ0n) is 9.07. The van der Waals surface area contributed by atoms with Gasteiger partial charge in [0.15, 0.2) is 5.78 Å². The molecule has 1 aromatic carbocycles. The van der Waals surface area contributed by atoms with Gasteiger partial charge < -0.3 is 0 Å². The topological polar surface area (TPSA) is 34.9 Å². The predicted octanol–water partition coefficient (Wildman–Crippen LogP) is 2.72. The average molecular weight is 279 g/mol. The minimum atomic E-state index is -0.0105. The largest absolute Gasteiger partial charge is 0.288 e. The van der Waals surface area contributed by atoms with Crippen molar-refractivity contribution < 1.29 is 4.79 Å². The Morgan fingerprint density at radius 1 is 1.44 bits per heavy atom. The van der Waals surface area contributed by atoms with Crippen molar-refractivity contribution >= 4 is 21.7 Å². The molecule has 0 saturated carbocycles. The molecule has 0 aliphatic rings. The van der Waals surface area contributed by atoms with Crippen molar-refractivity contribution in [3.05, 3.63) is 51.8 Å². The van der Waals surface area contributed by atoms with Gasteiger partial charge in [-0.15, -0.1) is 0 Å². The van der Waals surface area contributed by atoms with Crippen LogP contribution in [0.5, 0.6) is 0 Å². The smallest absolute Gasteiger partial charge is 0.197 e. The number of carbonyl (C=O) groups excluding carboxylic acids is 1. The van der Waals surface area contributed by atoms with Gasteiger partial charge in [0.05, 0.1) is 11.8 Å². The van der Waals surface area contributed by atoms with Crippen LogP contribution in [-0.4, -0.2) is 15.6 Å². The summed E-state index contributed by atoms with van der Waals surface area (Å²) in [7, 11) is 1.79. The Labute approximate surface area is 102 Å². The minimum Gasteiger partial charge on any atom is -0.288 e. The zero-order valence-corrected chi connectivity index (χ0v) is 10.7. The first-order valence-corrected chi connectivity index (χ1v) is 5.67. The van der Waals surface area contributed by atoms with Gasteiger partial charge in [0.2, 0.25) is 0 Å². The van der Waals surface area contributed by atoms with Gasteiger partial charge in [-0.2, -0.15) is 5.10 Å². The lowest BCUT2D eigenvalue weighted by atomic mass is 10.0. The quantitative estimate of drug-likeness (QED) is 0.792. The third kappa shape index (κ3) is 2.07. The number of hydrogen-bond acceptors (Lipinski definition) is 2. The number of ketones is 1. The minimum absolute atomic E-state index is 0.0105. The van der Waals surface area contributed by atoms with Crippen molar-refractivity contribution in [3.8, 4) is 0 Å². The first-order chi connectivity index (χ1) is 7.58. The second-order valence-corrected chi connectivity index (χ2v) is 4.57. The van der Waals surface area contributed by atoms with Crippen LogP contribution in [0.2, 0.25) is 0 Å². The first-order valence-electron chi connectivity index (χ1n) is 4.87. The van der Waals surface area contributed by atoms with E-state index in [-0.39, 0.29) is 5.78 Å². The van der Waals surface area contributed by atoms with Crippen LogP contribution in [0.3, 0.4) is 0 Å². The Balaban J connectivity index is 2.45. The number of aromatic nitrogens is 2. The van der Waals surface area contributed by atoms with Crippen molar-refractivity contribution in [2.45, 2.75) is 6.92 Å². The highest BCUT2D eigenvalue weighted by molar-refractivity contribution is 9.10. The monoisotopic (exact) mass is 278 g/mol. The lowest BCUT2D eigenvalue weighted by Gasteiger charge is -2.02. The fourth-order valence-electron chi connectivity index (χ4n) is 1.51. The predicted molar refractivity (Wildman–Crippen MR) is 65.5 cm³/mol. The number of nitrogens with zero attached hydrogens (tertiary/aromatic N) is 2. The van der Waals surface area contributed by atoms with E-state index < -0.39 is 0 Å². The molecule has 0 bridgehead atoms. The van der Waals surface area contributed by atoms with E-state index >= 15 is 0 Å². The summed E-state index contributed by atoms with van der Waals surface area (Å²) in [4.78, 5) is 12.1. The summed E-state index contributed by atoms with van der Waals surface area (Å²) in [6.45, 7) is 1.96. The summed E-state index contributed by atoms with van der Waals surface area (Å²) >= 11 is 3.39. The molecule has 0 aliphatic carbocycles. The molecule has 0 saturated heterocycles.